The number of benzene rings is 2. The Morgan fingerprint density at radius 1 is 0.897 bits per heavy atom. The smallest absolute Gasteiger partial charge is 0.251 e. The predicted octanol–water partition coefficient (Wildman–Crippen LogP) is 3.43. The van der Waals surface area contributed by atoms with E-state index in [0.29, 0.717) is 17.8 Å². The maximum absolute atomic E-state index is 12.2. The molecule has 0 bridgehead atoms. The molecule has 2 amide bonds. The lowest BCUT2D eigenvalue weighted by Crippen LogP contribution is -2.34. The third kappa shape index (κ3) is 7.23. The van der Waals surface area contributed by atoms with Crippen molar-refractivity contribution in [3.8, 4) is 0 Å². The van der Waals surface area contributed by atoms with Gasteiger partial charge < -0.3 is 20.9 Å². The Labute approximate surface area is 173 Å². The van der Waals surface area contributed by atoms with E-state index in [-0.39, 0.29) is 18.4 Å². The number of nitrogens with zero attached hydrogens (tertiary/aromatic N) is 1. The highest BCUT2D eigenvalue weighted by molar-refractivity contribution is 5.96. The largest absolute Gasteiger partial charge is 0.376 e. The van der Waals surface area contributed by atoms with Gasteiger partial charge >= 0.3 is 0 Å². The molecule has 6 nitrogen and oxygen atoms in total. The minimum atomic E-state index is -0.139. The number of anilines is 2. The van der Waals surface area contributed by atoms with Crippen molar-refractivity contribution < 1.29 is 9.59 Å². The summed E-state index contributed by atoms with van der Waals surface area (Å²) in [5.41, 5.74) is 4.56. The summed E-state index contributed by atoms with van der Waals surface area (Å²) in [4.78, 5) is 26.6. The van der Waals surface area contributed by atoms with Crippen molar-refractivity contribution in [3.63, 3.8) is 0 Å². The first-order valence-electron chi connectivity index (χ1n) is 10.1. The maximum Gasteiger partial charge on any atom is 0.251 e. The van der Waals surface area contributed by atoms with E-state index in [1.54, 1.807) is 24.3 Å². The van der Waals surface area contributed by atoms with Gasteiger partial charge in [-0.25, -0.2) is 0 Å². The lowest BCUT2D eigenvalue weighted by molar-refractivity contribution is -0.114. The molecule has 0 saturated carbocycles. The fourth-order valence-electron chi connectivity index (χ4n) is 2.91. The van der Waals surface area contributed by atoms with Gasteiger partial charge in [-0.15, -0.1) is 0 Å². The van der Waals surface area contributed by atoms with Gasteiger partial charge in [-0.3, -0.25) is 9.59 Å². The molecule has 0 radical (unpaired) electrons. The minimum absolute atomic E-state index is 0.105. The molecule has 0 aliphatic carbocycles. The van der Waals surface area contributed by atoms with Crippen molar-refractivity contribution in [1.29, 1.82) is 0 Å². The Morgan fingerprint density at radius 2 is 1.55 bits per heavy atom. The number of hydrogen-bond acceptors (Lipinski definition) is 4. The zero-order chi connectivity index (χ0) is 21.2. The number of aryl methyl sites for hydroxylation is 2. The molecule has 0 saturated heterocycles. The van der Waals surface area contributed by atoms with Crippen LogP contribution in [0.15, 0.2) is 42.5 Å². The van der Waals surface area contributed by atoms with Crippen LogP contribution < -0.4 is 16.0 Å². The van der Waals surface area contributed by atoms with E-state index in [1.807, 2.05) is 25.1 Å². The lowest BCUT2D eigenvalue weighted by Gasteiger charge is -2.18. The standard InChI is InChI=1S/C23H32N4O2/c1-5-27(6-2)14-13-24-23(29)19-8-11-20(12-9-19)26-22(28)16-25-21-10-7-17(3)18(4)15-21/h7-12,15,25H,5-6,13-14,16H2,1-4H3,(H,24,29)(H,26,28). The molecule has 2 aromatic carbocycles. The van der Waals surface area contributed by atoms with E-state index >= 15 is 0 Å². The van der Waals surface area contributed by atoms with Gasteiger partial charge in [0.25, 0.3) is 5.91 Å². The molecule has 6 heteroatoms. The molecule has 0 fully saturated rings. The van der Waals surface area contributed by atoms with Crippen LogP contribution in [0.2, 0.25) is 0 Å². The Morgan fingerprint density at radius 3 is 2.17 bits per heavy atom. The molecule has 156 valence electrons. The highest BCUT2D eigenvalue weighted by Gasteiger charge is 2.08. The average Bonchev–Trinajstić information content (AvgIpc) is 2.72. The van der Waals surface area contributed by atoms with Crippen LogP contribution in [0.3, 0.4) is 0 Å². The number of amides is 2. The van der Waals surface area contributed by atoms with E-state index in [9.17, 15) is 9.59 Å². The van der Waals surface area contributed by atoms with Gasteiger partial charge in [0, 0.05) is 30.0 Å². The Balaban J connectivity index is 1.79. The van der Waals surface area contributed by atoms with Gasteiger partial charge in [0.15, 0.2) is 0 Å². The Kier molecular flexibility index (Phi) is 8.68. The van der Waals surface area contributed by atoms with Gasteiger partial charge in [-0.1, -0.05) is 19.9 Å². The summed E-state index contributed by atoms with van der Waals surface area (Å²) < 4.78 is 0. The van der Waals surface area contributed by atoms with Crippen LogP contribution in [-0.2, 0) is 4.79 Å². The fourth-order valence-corrected chi connectivity index (χ4v) is 2.91. The third-order valence-corrected chi connectivity index (χ3v) is 5.00. The van der Waals surface area contributed by atoms with Crippen molar-refractivity contribution in [2.24, 2.45) is 0 Å². The second kappa shape index (κ2) is 11.2. The topological polar surface area (TPSA) is 73.5 Å². The molecule has 0 atom stereocenters. The first-order chi connectivity index (χ1) is 13.9. The number of carbonyl (C=O) groups excluding carboxylic acids is 2. The lowest BCUT2D eigenvalue weighted by atomic mass is 10.1. The van der Waals surface area contributed by atoms with Gasteiger partial charge in [0.2, 0.25) is 5.91 Å². The molecule has 2 rings (SSSR count). The van der Waals surface area contributed by atoms with Crippen LogP contribution >= 0.6 is 0 Å². The first kappa shape index (κ1) is 22.4. The molecular weight excluding hydrogens is 364 g/mol. The summed E-state index contributed by atoms with van der Waals surface area (Å²) in [7, 11) is 0. The highest BCUT2D eigenvalue weighted by Crippen LogP contribution is 2.14. The Bertz CT molecular complexity index is 814. The molecule has 0 spiro atoms. The number of rotatable bonds is 10. The molecular formula is C23H32N4O2. The SMILES string of the molecule is CCN(CC)CCNC(=O)c1ccc(NC(=O)CNc2ccc(C)c(C)c2)cc1. The summed E-state index contributed by atoms with van der Waals surface area (Å²) in [6.07, 6.45) is 0. The second-order valence-electron chi connectivity index (χ2n) is 7.06. The first-order valence-corrected chi connectivity index (χ1v) is 10.1. The molecule has 0 aromatic heterocycles. The van der Waals surface area contributed by atoms with E-state index in [0.717, 1.165) is 25.3 Å². The zero-order valence-corrected chi connectivity index (χ0v) is 17.8. The van der Waals surface area contributed by atoms with Crippen LogP contribution in [0.5, 0.6) is 0 Å². The van der Waals surface area contributed by atoms with Crippen LogP contribution in [0.1, 0.15) is 35.3 Å². The summed E-state index contributed by atoms with van der Waals surface area (Å²) in [5.74, 6) is -0.244. The third-order valence-electron chi connectivity index (χ3n) is 5.00. The van der Waals surface area contributed by atoms with Gasteiger partial charge in [-0.05, 0) is 74.5 Å². The van der Waals surface area contributed by atoms with Gasteiger partial charge in [-0.2, -0.15) is 0 Å². The fraction of sp³-hybridized carbons (Fsp3) is 0.391. The van der Waals surface area contributed by atoms with Crippen molar-refractivity contribution >= 4 is 23.2 Å². The average molecular weight is 397 g/mol. The molecule has 3 N–H and O–H groups in total. The predicted molar refractivity (Wildman–Crippen MR) is 120 cm³/mol. The normalized spacial score (nSPS) is 10.7. The molecule has 0 unspecified atom stereocenters. The summed E-state index contributed by atoms with van der Waals surface area (Å²) >= 11 is 0. The summed E-state index contributed by atoms with van der Waals surface area (Å²) in [5, 5.41) is 8.89. The quantitative estimate of drug-likeness (QED) is 0.575. The van der Waals surface area contributed by atoms with E-state index in [1.165, 1.54) is 11.1 Å². The molecule has 0 aliphatic rings. The van der Waals surface area contributed by atoms with Crippen molar-refractivity contribution in [2.45, 2.75) is 27.7 Å². The minimum Gasteiger partial charge on any atom is -0.376 e. The molecule has 29 heavy (non-hydrogen) atoms. The van der Waals surface area contributed by atoms with E-state index < -0.39 is 0 Å². The highest BCUT2D eigenvalue weighted by atomic mass is 16.2. The van der Waals surface area contributed by atoms with Crippen LogP contribution in [-0.4, -0.2) is 49.4 Å². The molecule has 0 aliphatic heterocycles. The second-order valence-corrected chi connectivity index (χ2v) is 7.06. The summed E-state index contributed by atoms with van der Waals surface area (Å²) in [6.45, 7) is 11.9. The van der Waals surface area contributed by atoms with Crippen LogP contribution in [0.25, 0.3) is 0 Å². The maximum atomic E-state index is 12.2. The number of hydrogen-bond donors (Lipinski definition) is 3. The van der Waals surface area contributed by atoms with Crippen molar-refractivity contribution in [3.05, 3.63) is 59.2 Å². The monoisotopic (exact) mass is 396 g/mol. The molecule has 0 heterocycles. The summed E-state index contributed by atoms with van der Waals surface area (Å²) in [6, 6.07) is 12.9. The van der Waals surface area contributed by atoms with Gasteiger partial charge in [0.1, 0.15) is 0 Å². The number of nitrogens with one attached hydrogen (secondary N) is 3. The zero-order valence-electron chi connectivity index (χ0n) is 17.8. The van der Waals surface area contributed by atoms with Crippen LogP contribution in [0.4, 0.5) is 11.4 Å². The van der Waals surface area contributed by atoms with Gasteiger partial charge in [0.05, 0.1) is 6.54 Å². The van der Waals surface area contributed by atoms with Crippen molar-refractivity contribution in [1.82, 2.24) is 10.2 Å². The van der Waals surface area contributed by atoms with E-state index in [4.69, 9.17) is 0 Å². The molecule has 2 aromatic rings. The number of likely N-dealkylation sites (N-methyl/N-ethyl adjacent to an activating group) is 1. The number of carbonyl (C=O) groups is 2. The van der Waals surface area contributed by atoms with Crippen molar-refractivity contribution in [2.75, 3.05) is 43.4 Å². The van der Waals surface area contributed by atoms with E-state index in [2.05, 4.69) is 41.6 Å². The van der Waals surface area contributed by atoms with Crippen LogP contribution in [0, 0.1) is 13.8 Å². The Hall–Kier alpha value is -2.86.